The van der Waals surface area contributed by atoms with Gasteiger partial charge in [0, 0.05) is 12.7 Å². The average molecular weight is 254 g/mol. The smallest absolute Gasteiger partial charge is 0.408 e. The zero-order valence-corrected chi connectivity index (χ0v) is 10.6. The number of aromatic nitrogens is 1. The van der Waals surface area contributed by atoms with Crippen LogP contribution in [0.5, 0.6) is 0 Å². The van der Waals surface area contributed by atoms with Gasteiger partial charge in [0.05, 0.1) is 5.52 Å². The Hall–Kier alpha value is -2.49. The number of rotatable bonds is 2. The lowest BCUT2D eigenvalue weighted by Gasteiger charge is -2.03. The summed E-state index contributed by atoms with van der Waals surface area (Å²) < 4.78 is 6.68. The van der Waals surface area contributed by atoms with Gasteiger partial charge in [0.2, 0.25) is 0 Å². The second kappa shape index (κ2) is 4.31. The van der Waals surface area contributed by atoms with E-state index in [0.29, 0.717) is 5.58 Å². The van der Waals surface area contributed by atoms with Crippen LogP contribution in [-0.4, -0.2) is 4.57 Å². The molecule has 1 aromatic heterocycles. The van der Waals surface area contributed by atoms with E-state index < -0.39 is 0 Å². The lowest BCUT2D eigenvalue weighted by molar-refractivity contribution is 0.528. The highest BCUT2D eigenvalue weighted by Crippen LogP contribution is 2.18. The van der Waals surface area contributed by atoms with Gasteiger partial charge in [0.15, 0.2) is 5.58 Å². The normalized spacial score (nSPS) is 11.0. The predicted molar refractivity (Wildman–Crippen MR) is 75.1 cm³/mol. The number of nitrogen functional groups attached to an aromatic ring is 1. The van der Waals surface area contributed by atoms with Crippen molar-refractivity contribution in [1.29, 1.82) is 0 Å². The molecule has 0 saturated carbocycles. The molecule has 4 heteroatoms. The van der Waals surface area contributed by atoms with Crippen LogP contribution in [0.4, 0.5) is 5.69 Å². The summed E-state index contributed by atoms with van der Waals surface area (Å²) in [7, 11) is 1.70. The summed E-state index contributed by atoms with van der Waals surface area (Å²) in [4.78, 5) is 11.4. The van der Waals surface area contributed by atoms with Crippen molar-refractivity contribution in [1.82, 2.24) is 4.57 Å². The van der Waals surface area contributed by atoms with Crippen LogP contribution in [0.25, 0.3) is 11.1 Å². The quantitative estimate of drug-likeness (QED) is 0.714. The van der Waals surface area contributed by atoms with Crippen molar-refractivity contribution in [3.8, 4) is 0 Å². The second-order valence-corrected chi connectivity index (χ2v) is 4.65. The molecule has 0 radical (unpaired) electrons. The van der Waals surface area contributed by atoms with E-state index in [-0.39, 0.29) is 5.76 Å². The van der Waals surface area contributed by atoms with Crippen molar-refractivity contribution in [2.45, 2.75) is 6.42 Å². The minimum atomic E-state index is -0.337. The van der Waals surface area contributed by atoms with Gasteiger partial charge in [-0.25, -0.2) is 4.79 Å². The summed E-state index contributed by atoms with van der Waals surface area (Å²) in [5.74, 6) is -0.337. The van der Waals surface area contributed by atoms with Crippen molar-refractivity contribution < 1.29 is 4.42 Å². The van der Waals surface area contributed by atoms with Gasteiger partial charge in [-0.1, -0.05) is 18.2 Å². The number of fused-ring (bicyclic) bond motifs is 1. The Bertz CT molecular complexity index is 799. The van der Waals surface area contributed by atoms with E-state index in [9.17, 15) is 4.79 Å². The number of anilines is 1. The van der Waals surface area contributed by atoms with Crippen molar-refractivity contribution in [2.75, 3.05) is 5.73 Å². The van der Waals surface area contributed by atoms with Crippen LogP contribution >= 0.6 is 0 Å². The molecule has 2 aromatic carbocycles. The van der Waals surface area contributed by atoms with Crippen LogP contribution in [0.3, 0.4) is 0 Å². The molecule has 0 amide bonds. The van der Waals surface area contributed by atoms with Crippen molar-refractivity contribution >= 4 is 16.8 Å². The monoisotopic (exact) mass is 254 g/mol. The molecule has 3 rings (SSSR count). The number of benzene rings is 2. The summed E-state index contributed by atoms with van der Waals surface area (Å²) in [6.45, 7) is 0. The Kier molecular flexibility index (Phi) is 2.63. The summed E-state index contributed by atoms with van der Waals surface area (Å²) >= 11 is 0. The topological polar surface area (TPSA) is 61.2 Å². The highest BCUT2D eigenvalue weighted by molar-refractivity contribution is 5.73. The first-order chi connectivity index (χ1) is 9.13. The fourth-order valence-corrected chi connectivity index (χ4v) is 2.23. The SMILES string of the molecule is Cn1c(=O)oc2cc(Cc3cccc(N)c3)ccc21. The van der Waals surface area contributed by atoms with Crippen LogP contribution in [0, 0.1) is 0 Å². The Morgan fingerprint density at radius 1 is 1.16 bits per heavy atom. The van der Waals surface area contributed by atoms with Gasteiger partial charge in [0.1, 0.15) is 0 Å². The van der Waals surface area contributed by atoms with E-state index in [1.165, 1.54) is 4.57 Å². The van der Waals surface area contributed by atoms with Gasteiger partial charge in [-0.3, -0.25) is 4.57 Å². The Balaban J connectivity index is 2.00. The number of hydrogen-bond acceptors (Lipinski definition) is 3. The molecule has 0 aliphatic heterocycles. The number of nitrogens with two attached hydrogens (primary N) is 1. The zero-order valence-electron chi connectivity index (χ0n) is 10.6. The van der Waals surface area contributed by atoms with E-state index in [1.807, 2.05) is 42.5 Å². The third kappa shape index (κ3) is 2.12. The summed E-state index contributed by atoms with van der Waals surface area (Å²) in [6, 6.07) is 13.6. The summed E-state index contributed by atoms with van der Waals surface area (Å²) in [5, 5.41) is 0. The van der Waals surface area contributed by atoms with Crippen molar-refractivity contribution in [2.24, 2.45) is 7.05 Å². The third-order valence-electron chi connectivity index (χ3n) is 3.22. The average Bonchev–Trinajstić information content (AvgIpc) is 2.65. The predicted octanol–water partition coefficient (Wildman–Crippen LogP) is 2.30. The standard InChI is InChI=1S/C15H14N2O2/c1-17-13-6-5-11(9-14(13)19-15(17)18)7-10-3-2-4-12(16)8-10/h2-6,8-9H,7,16H2,1H3. The van der Waals surface area contributed by atoms with Crippen LogP contribution in [-0.2, 0) is 13.5 Å². The van der Waals surface area contributed by atoms with E-state index in [0.717, 1.165) is 28.8 Å². The molecule has 0 unspecified atom stereocenters. The molecular formula is C15H14N2O2. The van der Waals surface area contributed by atoms with Crippen LogP contribution < -0.4 is 11.5 Å². The molecule has 4 nitrogen and oxygen atoms in total. The molecular weight excluding hydrogens is 240 g/mol. The van der Waals surface area contributed by atoms with E-state index in [2.05, 4.69) is 0 Å². The fourth-order valence-electron chi connectivity index (χ4n) is 2.23. The first kappa shape index (κ1) is 11.6. The van der Waals surface area contributed by atoms with Crippen LogP contribution in [0.1, 0.15) is 11.1 Å². The fraction of sp³-hybridized carbons (Fsp3) is 0.133. The lowest BCUT2D eigenvalue weighted by atomic mass is 10.0. The number of hydrogen-bond donors (Lipinski definition) is 1. The van der Waals surface area contributed by atoms with Gasteiger partial charge in [-0.05, 0) is 41.8 Å². The number of oxazole rings is 1. The van der Waals surface area contributed by atoms with Gasteiger partial charge in [-0.15, -0.1) is 0 Å². The number of nitrogens with zero attached hydrogens (tertiary/aromatic N) is 1. The molecule has 0 spiro atoms. The molecule has 1 heterocycles. The van der Waals surface area contributed by atoms with Crippen molar-refractivity contribution in [3.05, 3.63) is 64.1 Å². The first-order valence-corrected chi connectivity index (χ1v) is 6.06. The van der Waals surface area contributed by atoms with Crippen LogP contribution in [0.15, 0.2) is 51.7 Å². The summed E-state index contributed by atoms with van der Waals surface area (Å²) in [6.07, 6.45) is 0.763. The minimum Gasteiger partial charge on any atom is -0.408 e. The maximum Gasteiger partial charge on any atom is 0.419 e. The molecule has 2 N–H and O–H groups in total. The second-order valence-electron chi connectivity index (χ2n) is 4.65. The highest BCUT2D eigenvalue weighted by Gasteiger charge is 2.06. The maximum atomic E-state index is 11.4. The van der Waals surface area contributed by atoms with Gasteiger partial charge in [0.25, 0.3) is 0 Å². The van der Waals surface area contributed by atoms with E-state index in [1.54, 1.807) is 7.05 Å². The highest BCUT2D eigenvalue weighted by atomic mass is 16.4. The van der Waals surface area contributed by atoms with Crippen LogP contribution in [0.2, 0.25) is 0 Å². The van der Waals surface area contributed by atoms with Gasteiger partial charge in [-0.2, -0.15) is 0 Å². The lowest BCUT2D eigenvalue weighted by Crippen LogP contribution is -2.08. The van der Waals surface area contributed by atoms with Gasteiger partial charge < -0.3 is 10.2 Å². The third-order valence-corrected chi connectivity index (χ3v) is 3.22. The summed E-state index contributed by atoms with van der Waals surface area (Å²) in [5.41, 5.74) is 10.2. The molecule has 0 saturated heterocycles. The number of aryl methyl sites for hydroxylation is 1. The Morgan fingerprint density at radius 3 is 2.74 bits per heavy atom. The molecule has 3 aromatic rings. The molecule has 0 aliphatic rings. The molecule has 0 aliphatic carbocycles. The molecule has 96 valence electrons. The first-order valence-electron chi connectivity index (χ1n) is 6.06. The van der Waals surface area contributed by atoms with Crippen molar-refractivity contribution in [3.63, 3.8) is 0 Å². The van der Waals surface area contributed by atoms with E-state index in [4.69, 9.17) is 10.2 Å². The minimum absolute atomic E-state index is 0.337. The molecule has 0 bridgehead atoms. The Labute approximate surface area is 110 Å². The molecule has 19 heavy (non-hydrogen) atoms. The Morgan fingerprint density at radius 2 is 1.95 bits per heavy atom. The zero-order chi connectivity index (χ0) is 13.4. The largest absolute Gasteiger partial charge is 0.419 e. The maximum absolute atomic E-state index is 11.4. The van der Waals surface area contributed by atoms with Gasteiger partial charge >= 0.3 is 5.76 Å². The molecule has 0 fully saturated rings. The molecule has 0 atom stereocenters. The van der Waals surface area contributed by atoms with E-state index >= 15 is 0 Å².